The zero-order valence-corrected chi connectivity index (χ0v) is 18.4. The van der Waals surface area contributed by atoms with E-state index in [0.717, 1.165) is 34.7 Å². The molecule has 3 aromatic heterocycles. The molecule has 1 amide bonds. The summed E-state index contributed by atoms with van der Waals surface area (Å²) in [7, 11) is 4.50. The number of aromatic amines is 1. The molecular weight excluding hydrogens is 397 g/mol. The van der Waals surface area contributed by atoms with Crippen molar-refractivity contribution >= 4 is 48.3 Å². The van der Waals surface area contributed by atoms with Crippen molar-refractivity contribution < 1.29 is 9.21 Å². The maximum absolute atomic E-state index is 13.4. The SMILES string of the molecule is Cc1oc2ncnc(NC3(C)CC3)c2c1C(=O)N(C)Cc1cc2cc(P)ccc2[nH]1. The minimum Gasteiger partial charge on any atom is -0.442 e. The second-order valence-corrected chi connectivity index (χ2v) is 9.09. The van der Waals surface area contributed by atoms with Crippen LogP contribution in [0.5, 0.6) is 0 Å². The van der Waals surface area contributed by atoms with Crippen LogP contribution in [-0.2, 0) is 6.54 Å². The summed E-state index contributed by atoms with van der Waals surface area (Å²) in [6.07, 6.45) is 3.63. The Morgan fingerprint density at radius 1 is 1.33 bits per heavy atom. The number of aromatic nitrogens is 3. The summed E-state index contributed by atoms with van der Waals surface area (Å²) >= 11 is 0. The van der Waals surface area contributed by atoms with E-state index >= 15 is 0 Å². The van der Waals surface area contributed by atoms with Crippen molar-refractivity contribution in [2.75, 3.05) is 12.4 Å². The fourth-order valence-corrected chi connectivity index (χ4v) is 4.09. The van der Waals surface area contributed by atoms with Crippen molar-refractivity contribution in [2.24, 2.45) is 0 Å². The number of fused-ring (bicyclic) bond motifs is 2. The van der Waals surface area contributed by atoms with Crippen LogP contribution in [0.25, 0.3) is 22.0 Å². The number of hydrogen-bond donors (Lipinski definition) is 2. The Labute approximate surface area is 176 Å². The zero-order valence-electron chi connectivity index (χ0n) is 17.2. The lowest BCUT2D eigenvalue weighted by atomic mass is 10.1. The van der Waals surface area contributed by atoms with Gasteiger partial charge < -0.3 is 19.6 Å². The summed E-state index contributed by atoms with van der Waals surface area (Å²) in [5, 5.41) is 6.38. The van der Waals surface area contributed by atoms with E-state index in [1.807, 2.05) is 12.1 Å². The fourth-order valence-electron chi connectivity index (χ4n) is 3.81. The summed E-state index contributed by atoms with van der Waals surface area (Å²) in [6, 6.07) is 8.27. The van der Waals surface area contributed by atoms with Crippen LogP contribution >= 0.6 is 9.24 Å². The number of carbonyl (C=O) groups excluding carboxylic acids is 1. The number of furan rings is 1. The van der Waals surface area contributed by atoms with Crippen LogP contribution in [0.2, 0.25) is 0 Å². The Kier molecular flexibility index (Phi) is 4.33. The molecule has 5 rings (SSSR count). The fraction of sp³-hybridized carbons (Fsp3) is 0.318. The maximum atomic E-state index is 13.4. The highest BCUT2D eigenvalue weighted by Gasteiger charge is 2.38. The first-order valence-electron chi connectivity index (χ1n) is 9.98. The first-order valence-corrected chi connectivity index (χ1v) is 10.6. The van der Waals surface area contributed by atoms with Gasteiger partial charge in [-0.05, 0) is 50.2 Å². The van der Waals surface area contributed by atoms with E-state index in [9.17, 15) is 4.79 Å². The van der Waals surface area contributed by atoms with Crippen molar-refractivity contribution in [3.63, 3.8) is 0 Å². The Morgan fingerprint density at radius 2 is 2.13 bits per heavy atom. The van der Waals surface area contributed by atoms with Gasteiger partial charge in [0.15, 0.2) is 0 Å². The van der Waals surface area contributed by atoms with Gasteiger partial charge in [-0.2, -0.15) is 0 Å². The van der Waals surface area contributed by atoms with E-state index in [0.29, 0.717) is 34.8 Å². The molecule has 1 aromatic carbocycles. The van der Waals surface area contributed by atoms with Gasteiger partial charge in [0.2, 0.25) is 5.71 Å². The Balaban J connectivity index is 1.47. The van der Waals surface area contributed by atoms with Crippen LogP contribution in [0.1, 0.15) is 41.6 Å². The first-order chi connectivity index (χ1) is 14.3. The van der Waals surface area contributed by atoms with Crippen LogP contribution in [0.15, 0.2) is 35.0 Å². The molecule has 1 aliphatic rings. The van der Waals surface area contributed by atoms with Gasteiger partial charge in [-0.25, -0.2) is 9.97 Å². The third-order valence-corrected chi connectivity index (χ3v) is 6.11. The molecule has 8 heteroatoms. The third kappa shape index (κ3) is 3.33. The molecule has 1 aliphatic carbocycles. The van der Waals surface area contributed by atoms with Gasteiger partial charge in [0.1, 0.15) is 17.9 Å². The van der Waals surface area contributed by atoms with Crippen molar-refractivity contribution in [1.82, 2.24) is 19.9 Å². The molecule has 30 heavy (non-hydrogen) atoms. The molecule has 0 bridgehead atoms. The quantitative estimate of drug-likeness (QED) is 0.479. The third-order valence-electron chi connectivity index (χ3n) is 5.75. The Hall–Kier alpha value is -2.92. The van der Waals surface area contributed by atoms with Gasteiger partial charge in [0.05, 0.1) is 17.5 Å². The van der Waals surface area contributed by atoms with Crippen LogP contribution < -0.4 is 10.6 Å². The number of amides is 1. The Morgan fingerprint density at radius 3 is 2.90 bits per heavy atom. The molecule has 0 saturated heterocycles. The van der Waals surface area contributed by atoms with Crippen LogP contribution in [0.4, 0.5) is 5.82 Å². The predicted molar refractivity (Wildman–Crippen MR) is 121 cm³/mol. The van der Waals surface area contributed by atoms with Crippen molar-refractivity contribution in [2.45, 2.75) is 38.8 Å². The molecule has 0 aliphatic heterocycles. The topological polar surface area (TPSA) is 87.1 Å². The van der Waals surface area contributed by atoms with Crippen molar-refractivity contribution in [3.8, 4) is 0 Å². The number of benzene rings is 1. The molecule has 1 unspecified atom stereocenters. The van der Waals surface area contributed by atoms with Gasteiger partial charge in [0.25, 0.3) is 5.91 Å². The monoisotopic (exact) mass is 421 g/mol. The summed E-state index contributed by atoms with van der Waals surface area (Å²) < 4.78 is 5.81. The molecule has 4 aromatic rings. The summed E-state index contributed by atoms with van der Waals surface area (Å²) in [4.78, 5) is 27.1. The van der Waals surface area contributed by atoms with E-state index in [1.165, 1.54) is 6.33 Å². The number of anilines is 1. The summed E-state index contributed by atoms with van der Waals surface area (Å²) in [5.41, 5.74) is 3.01. The summed E-state index contributed by atoms with van der Waals surface area (Å²) in [6.45, 7) is 4.41. The lowest BCUT2D eigenvalue weighted by Gasteiger charge is -2.17. The minimum absolute atomic E-state index is 0.0272. The standard InChI is InChI=1S/C22H24N5O2P/c1-12-17(18-19(26-22(2)6-7-22)23-11-24-20(18)29-12)21(28)27(3)10-14-8-13-9-15(30)4-5-16(13)25-14/h4-5,8-9,11,25H,6-7,10,30H2,1-3H3,(H,23,24,26). The number of nitrogens with zero attached hydrogens (tertiary/aromatic N) is 3. The molecule has 1 fully saturated rings. The lowest BCUT2D eigenvalue weighted by molar-refractivity contribution is 0.0783. The van der Waals surface area contributed by atoms with Gasteiger partial charge in [-0.15, -0.1) is 9.24 Å². The van der Waals surface area contributed by atoms with E-state index in [-0.39, 0.29) is 11.4 Å². The molecule has 0 radical (unpaired) electrons. The lowest BCUT2D eigenvalue weighted by Crippen LogP contribution is -2.27. The van der Waals surface area contributed by atoms with Gasteiger partial charge in [0, 0.05) is 29.2 Å². The number of nitrogens with one attached hydrogen (secondary N) is 2. The van der Waals surface area contributed by atoms with Crippen LogP contribution in [0.3, 0.4) is 0 Å². The maximum Gasteiger partial charge on any atom is 0.258 e. The average molecular weight is 421 g/mol. The van der Waals surface area contributed by atoms with Crippen molar-refractivity contribution in [1.29, 1.82) is 0 Å². The number of hydrogen-bond acceptors (Lipinski definition) is 5. The number of rotatable bonds is 5. The molecule has 2 N–H and O–H groups in total. The molecule has 1 atom stereocenters. The zero-order chi connectivity index (χ0) is 21.0. The highest BCUT2D eigenvalue weighted by atomic mass is 31.0. The predicted octanol–water partition coefficient (Wildman–Crippen LogP) is 3.75. The number of H-pyrrole nitrogens is 1. The van der Waals surface area contributed by atoms with E-state index in [1.54, 1.807) is 18.9 Å². The highest BCUT2D eigenvalue weighted by Crippen LogP contribution is 2.40. The number of aryl methyl sites for hydroxylation is 1. The molecule has 0 spiro atoms. The van der Waals surface area contributed by atoms with Gasteiger partial charge >= 0.3 is 0 Å². The molecule has 154 valence electrons. The highest BCUT2D eigenvalue weighted by molar-refractivity contribution is 7.27. The van der Waals surface area contributed by atoms with E-state index < -0.39 is 0 Å². The first kappa shape index (κ1) is 19.1. The molecule has 1 saturated carbocycles. The smallest absolute Gasteiger partial charge is 0.258 e. The minimum atomic E-state index is -0.115. The van der Waals surface area contributed by atoms with Gasteiger partial charge in [-0.1, -0.05) is 6.07 Å². The van der Waals surface area contributed by atoms with Crippen LogP contribution in [-0.4, -0.2) is 38.3 Å². The normalized spacial score (nSPS) is 14.9. The van der Waals surface area contributed by atoms with E-state index in [4.69, 9.17) is 4.42 Å². The molecule has 3 heterocycles. The number of carbonyl (C=O) groups is 1. The second-order valence-electron chi connectivity index (χ2n) is 8.42. The van der Waals surface area contributed by atoms with Crippen LogP contribution in [0, 0.1) is 6.92 Å². The van der Waals surface area contributed by atoms with E-state index in [2.05, 4.69) is 48.6 Å². The average Bonchev–Trinajstić information content (AvgIpc) is 3.13. The second kappa shape index (κ2) is 6.81. The molecule has 7 nitrogen and oxygen atoms in total. The largest absolute Gasteiger partial charge is 0.442 e. The molecular formula is C22H24N5O2P. The van der Waals surface area contributed by atoms with Crippen molar-refractivity contribution in [3.05, 3.63) is 47.6 Å². The Bertz CT molecular complexity index is 1290. The summed E-state index contributed by atoms with van der Waals surface area (Å²) in [5.74, 6) is 1.10. The van der Waals surface area contributed by atoms with Gasteiger partial charge in [-0.3, -0.25) is 4.79 Å².